The standard InChI is InChI=1S/C24H28N2O/c1-14-10-8-11-16-20(14)26-15(2)18-19-17(12-9-13-25-19)27-21(18)24(26,7)23(5,6)22(16,3)4/h8-13,15H,1-7H3. The van der Waals surface area contributed by atoms with E-state index >= 15 is 0 Å². The van der Waals surface area contributed by atoms with Crippen LogP contribution in [-0.4, -0.2) is 4.98 Å². The summed E-state index contributed by atoms with van der Waals surface area (Å²) in [6, 6.07) is 11.0. The van der Waals surface area contributed by atoms with Gasteiger partial charge >= 0.3 is 0 Å². The molecule has 4 heterocycles. The Morgan fingerprint density at radius 2 is 1.78 bits per heavy atom. The second-order valence-corrected chi connectivity index (χ2v) is 9.53. The molecule has 2 aromatic heterocycles. The molecule has 0 bridgehead atoms. The summed E-state index contributed by atoms with van der Waals surface area (Å²) < 4.78 is 6.53. The molecule has 3 aromatic rings. The molecule has 2 atom stereocenters. The minimum atomic E-state index is -0.245. The summed E-state index contributed by atoms with van der Waals surface area (Å²) in [5.74, 6) is 1.09. The predicted molar refractivity (Wildman–Crippen MR) is 110 cm³/mol. The average Bonchev–Trinajstić information content (AvgIpc) is 3.10. The molecule has 27 heavy (non-hydrogen) atoms. The Morgan fingerprint density at radius 3 is 2.52 bits per heavy atom. The van der Waals surface area contributed by atoms with Crippen LogP contribution in [-0.2, 0) is 11.0 Å². The fourth-order valence-electron chi connectivity index (χ4n) is 5.75. The van der Waals surface area contributed by atoms with Crippen molar-refractivity contribution in [3.8, 4) is 0 Å². The zero-order valence-corrected chi connectivity index (χ0v) is 17.3. The number of pyridine rings is 1. The third-order valence-corrected chi connectivity index (χ3v) is 8.14. The number of hydrogen-bond acceptors (Lipinski definition) is 3. The highest BCUT2D eigenvalue weighted by Gasteiger charge is 2.66. The molecule has 2 aliphatic heterocycles. The summed E-state index contributed by atoms with van der Waals surface area (Å²) in [5.41, 5.74) is 7.00. The molecule has 1 aromatic carbocycles. The average molecular weight is 361 g/mol. The molecule has 3 heteroatoms. The van der Waals surface area contributed by atoms with Crippen LogP contribution < -0.4 is 4.90 Å². The molecule has 2 aliphatic rings. The second-order valence-electron chi connectivity index (χ2n) is 9.53. The monoisotopic (exact) mass is 360 g/mol. The molecule has 2 unspecified atom stereocenters. The van der Waals surface area contributed by atoms with Gasteiger partial charge in [0.05, 0.1) is 6.04 Å². The number of furan rings is 1. The number of hydrogen-bond donors (Lipinski definition) is 0. The Hall–Kier alpha value is -2.29. The molecule has 140 valence electrons. The van der Waals surface area contributed by atoms with E-state index in [0.29, 0.717) is 0 Å². The Kier molecular flexibility index (Phi) is 2.97. The quantitative estimate of drug-likeness (QED) is 0.474. The number of benzene rings is 1. The first-order valence-corrected chi connectivity index (χ1v) is 9.91. The van der Waals surface area contributed by atoms with E-state index < -0.39 is 0 Å². The largest absolute Gasteiger partial charge is 0.456 e. The smallest absolute Gasteiger partial charge is 0.153 e. The van der Waals surface area contributed by atoms with Crippen molar-refractivity contribution in [1.29, 1.82) is 0 Å². The lowest BCUT2D eigenvalue weighted by atomic mass is 9.52. The van der Waals surface area contributed by atoms with E-state index in [2.05, 4.69) is 71.6 Å². The fraction of sp³-hybridized carbons (Fsp3) is 0.458. The van der Waals surface area contributed by atoms with Crippen LogP contribution in [0.4, 0.5) is 5.69 Å². The topological polar surface area (TPSA) is 29.3 Å². The summed E-state index contributed by atoms with van der Waals surface area (Å²) in [5, 5.41) is 0. The van der Waals surface area contributed by atoms with Crippen LogP contribution in [0.5, 0.6) is 0 Å². The minimum Gasteiger partial charge on any atom is -0.456 e. The highest BCUT2D eigenvalue weighted by molar-refractivity contribution is 5.83. The highest BCUT2D eigenvalue weighted by atomic mass is 16.3. The van der Waals surface area contributed by atoms with Gasteiger partial charge in [-0.05, 0) is 49.4 Å². The van der Waals surface area contributed by atoms with Crippen LogP contribution in [0.25, 0.3) is 11.1 Å². The van der Waals surface area contributed by atoms with E-state index in [1.807, 2.05) is 18.3 Å². The maximum atomic E-state index is 6.53. The van der Waals surface area contributed by atoms with E-state index in [9.17, 15) is 0 Å². The van der Waals surface area contributed by atoms with Crippen molar-refractivity contribution in [3.05, 3.63) is 59.0 Å². The molecule has 3 nitrogen and oxygen atoms in total. The number of aromatic nitrogens is 1. The molecular weight excluding hydrogens is 332 g/mol. The zero-order valence-electron chi connectivity index (χ0n) is 17.3. The summed E-state index contributed by atoms with van der Waals surface area (Å²) in [7, 11) is 0. The van der Waals surface area contributed by atoms with E-state index in [4.69, 9.17) is 9.40 Å². The molecule has 0 saturated carbocycles. The van der Waals surface area contributed by atoms with Gasteiger partial charge < -0.3 is 9.32 Å². The van der Waals surface area contributed by atoms with Crippen molar-refractivity contribution < 1.29 is 4.42 Å². The van der Waals surface area contributed by atoms with E-state index in [1.54, 1.807) is 0 Å². The Bertz CT molecular complexity index is 1090. The van der Waals surface area contributed by atoms with Crippen LogP contribution >= 0.6 is 0 Å². The van der Waals surface area contributed by atoms with Crippen molar-refractivity contribution in [3.63, 3.8) is 0 Å². The van der Waals surface area contributed by atoms with Gasteiger partial charge in [-0.25, -0.2) is 0 Å². The lowest BCUT2D eigenvalue weighted by molar-refractivity contribution is 0.0521. The van der Waals surface area contributed by atoms with Crippen LogP contribution in [0.15, 0.2) is 40.9 Å². The summed E-state index contributed by atoms with van der Waals surface area (Å²) in [6.45, 7) is 16.5. The lowest BCUT2D eigenvalue weighted by Crippen LogP contribution is -2.62. The normalized spacial score (nSPS) is 27.4. The first-order chi connectivity index (χ1) is 12.6. The first kappa shape index (κ1) is 16.9. The molecule has 0 N–H and O–H groups in total. The van der Waals surface area contributed by atoms with Gasteiger partial charge in [0, 0.05) is 22.9 Å². The Labute approximate surface area is 161 Å². The molecule has 0 radical (unpaired) electrons. The number of fused-ring (bicyclic) bond motifs is 7. The number of rotatable bonds is 0. The number of nitrogens with zero attached hydrogens (tertiary/aromatic N) is 2. The van der Waals surface area contributed by atoms with Crippen LogP contribution in [0.3, 0.4) is 0 Å². The van der Waals surface area contributed by atoms with Crippen molar-refractivity contribution in [2.24, 2.45) is 5.41 Å². The molecule has 0 amide bonds. The van der Waals surface area contributed by atoms with Crippen molar-refractivity contribution in [2.45, 2.75) is 65.5 Å². The molecule has 0 spiro atoms. The third-order valence-electron chi connectivity index (χ3n) is 8.14. The summed E-state index contributed by atoms with van der Waals surface area (Å²) >= 11 is 0. The van der Waals surface area contributed by atoms with Gasteiger partial charge in [-0.3, -0.25) is 4.98 Å². The summed E-state index contributed by atoms with van der Waals surface area (Å²) in [4.78, 5) is 7.31. The molecule has 0 fully saturated rings. The maximum Gasteiger partial charge on any atom is 0.153 e. The van der Waals surface area contributed by atoms with Crippen LogP contribution in [0.2, 0.25) is 0 Å². The van der Waals surface area contributed by atoms with Gasteiger partial charge in [-0.1, -0.05) is 45.9 Å². The van der Waals surface area contributed by atoms with Crippen LogP contribution in [0.1, 0.15) is 70.0 Å². The van der Waals surface area contributed by atoms with Crippen molar-refractivity contribution in [2.75, 3.05) is 4.90 Å². The minimum absolute atomic E-state index is 0.00661. The third kappa shape index (κ3) is 1.63. The SMILES string of the molecule is Cc1cccc2c1N1C(C)c3c(oc4cccnc34)C1(C)C(C)(C)C2(C)C. The Morgan fingerprint density at radius 1 is 1.04 bits per heavy atom. The second kappa shape index (κ2) is 4.76. The zero-order chi connectivity index (χ0) is 19.4. The van der Waals surface area contributed by atoms with Gasteiger partial charge in [-0.2, -0.15) is 0 Å². The number of para-hydroxylation sites is 1. The van der Waals surface area contributed by atoms with E-state index in [-0.39, 0.29) is 22.4 Å². The van der Waals surface area contributed by atoms with Gasteiger partial charge in [0.15, 0.2) is 5.58 Å². The fourth-order valence-corrected chi connectivity index (χ4v) is 5.75. The van der Waals surface area contributed by atoms with Gasteiger partial charge in [0.1, 0.15) is 16.8 Å². The predicted octanol–water partition coefficient (Wildman–Crippen LogP) is 6.25. The van der Waals surface area contributed by atoms with E-state index in [1.165, 1.54) is 22.4 Å². The highest BCUT2D eigenvalue weighted by Crippen LogP contribution is 2.68. The Balaban J connectivity index is 1.94. The van der Waals surface area contributed by atoms with Crippen molar-refractivity contribution >= 4 is 16.8 Å². The van der Waals surface area contributed by atoms with Crippen molar-refractivity contribution in [1.82, 2.24) is 4.98 Å². The molecule has 0 aliphatic carbocycles. The molecule has 5 rings (SSSR count). The first-order valence-electron chi connectivity index (χ1n) is 9.91. The van der Waals surface area contributed by atoms with Gasteiger partial charge in [-0.15, -0.1) is 0 Å². The molecular formula is C24H28N2O. The lowest BCUT2D eigenvalue weighted by Gasteiger charge is -2.61. The van der Waals surface area contributed by atoms with E-state index in [0.717, 1.165) is 16.9 Å². The maximum absolute atomic E-state index is 6.53. The summed E-state index contributed by atoms with van der Waals surface area (Å²) in [6.07, 6.45) is 1.87. The number of anilines is 1. The van der Waals surface area contributed by atoms with Gasteiger partial charge in [0.25, 0.3) is 0 Å². The number of aryl methyl sites for hydroxylation is 1. The van der Waals surface area contributed by atoms with Crippen LogP contribution in [0, 0.1) is 12.3 Å². The van der Waals surface area contributed by atoms with Gasteiger partial charge in [0.2, 0.25) is 0 Å². The molecule has 0 saturated heterocycles.